The molecule has 0 aliphatic carbocycles. The molecule has 0 aromatic carbocycles. The fourth-order valence-electron chi connectivity index (χ4n) is 1.37. The third-order valence-electron chi connectivity index (χ3n) is 2.34. The Bertz CT molecular complexity index is 132. The summed E-state index contributed by atoms with van der Waals surface area (Å²) in [7, 11) is 3.47. The first kappa shape index (κ1) is 14.8. The zero-order valence-corrected chi connectivity index (χ0v) is 10.4. The van der Waals surface area contributed by atoms with Crippen molar-refractivity contribution >= 4 is 0 Å². The summed E-state index contributed by atoms with van der Waals surface area (Å²) in [5.41, 5.74) is 5.74. The van der Waals surface area contributed by atoms with Crippen molar-refractivity contribution < 1.29 is 9.47 Å². The lowest BCUT2D eigenvalue weighted by Gasteiger charge is -2.22. The number of hydrogen-bond donors (Lipinski definition) is 1. The van der Waals surface area contributed by atoms with Crippen LogP contribution in [-0.4, -0.2) is 58.0 Å². The second-order valence-electron chi connectivity index (χ2n) is 3.95. The number of nitrogens with two attached hydrogens (primary N) is 1. The van der Waals surface area contributed by atoms with Crippen molar-refractivity contribution in [3.8, 4) is 0 Å². The molecule has 1 unspecified atom stereocenters. The van der Waals surface area contributed by atoms with E-state index < -0.39 is 0 Å². The van der Waals surface area contributed by atoms with Crippen LogP contribution < -0.4 is 5.73 Å². The highest BCUT2D eigenvalue weighted by molar-refractivity contribution is 4.62. The summed E-state index contributed by atoms with van der Waals surface area (Å²) in [5.74, 6) is 0. The lowest BCUT2D eigenvalue weighted by Crippen LogP contribution is -2.33. The zero-order valence-electron chi connectivity index (χ0n) is 10.4. The van der Waals surface area contributed by atoms with E-state index in [0.29, 0.717) is 0 Å². The van der Waals surface area contributed by atoms with Crippen molar-refractivity contribution in [3.63, 3.8) is 0 Å². The Hall–Kier alpha value is -0.160. The Morgan fingerprint density at radius 3 is 2.27 bits per heavy atom. The molecule has 0 saturated heterocycles. The molecule has 0 aliphatic rings. The van der Waals surface area contributed by atoms with Gasteiger partial charge in [0, 0.05) is 40.0 Å². The maximum atomic E-state index is 5.74. The summed E-state index contributed by atoms with van der Waals surface area (Å²) in [6.45, 7) is 6.73. The summed E-state index contributed by atoms with van der Waals surface area (Å²) >= 11 is 0. The predicted octanol–water partition coefficient (Wildman–Crippen LogP) is 0.709. The number of ether oxygens (including phenoxy) is 2. The molecule has 0 aliphatic heterocycles. The van der Waals surface area contributed by atoms with Crippen molar-refractivity contribution in [2.45, 2.75) is 25.8 Å². The molecule has 0 rings (SSSR count). The molecule has 0 radical (unpaired) electrons. The topological polar surface area (TPSA) is 47.7 Å². The average Bonchev–Trinajstić information content (AvgIpc) is 2.21. The minimum Gasteiger partial charge on any atom is -0.385 e. The summed E-state index contributed by atoms with van der Waals surface area (Å²) in [6.07, 6.45) is 2.11. The largest absolute Gasteiger partial charge is 0.385 e. The molecule has 0 fully saturated rings. The van der Waals surface area contributed by atoms with E-state index in [1.165, 1.54) is 0 Å². The first-order valence-electron chi connectivity index (χ1n) is 5.66. The lowest BCUT2D eigenvalue weighted by atomic mass is 10.2. The highest BCUT2D eigenvalue weighted by Crippen LogP contribution is 1.97. The van der Waals surface area contributed by atoms with E-state index in [1.54, 1.807) is 14.2 Å². The molecule has 0 spiro atoms. The highest BCUT2D eigenvalue weighted by atomic mass is 16.5. The van der Waals surface area contributed by atoms with Crippen LogP contribution in [0.3, 0.4) is 0 Å². The molecule has 0 bridgehead atoms. The molecule has 0 amide bonds. The van der Waals surface area contributed by atoms with Gasteiger partial charge in [0.15, 0.2) is 0 Å². The number of rotatable bonds is 10. The summed E-state index contributed by atoms with van der Waals surface area (Å²) in [6, 6.07) is 0.275. The summed E-state index contributed by atoms with van der Waals surface area (Å²) in [4.78, 5) is 2.38. The van der Waals surface area contributed by atoms with Crippen LogP contribution in [0, 0.1) is 0 Å². The minimum atomic E-state index is 0.275. The van der Waals surface area contributed by atoms with Crippen LogP contribution in [0.25, 0.3) is 0 Å². The van der Waals surface area contributed by atoms with Crippen LogP contribution >= 0.6 is 0 Å². The van der Waals surface area contributed by atoms with Crippen molar-refractivity contribution in [2.24, 2.45) is 5.73 Å². The SMILES string of the molecule is COCCCN(CCOC)CCC(C)N. The van der Waals surface area contributed by atoms with E-state index in [0.717, 1.165) is 45.7 Å². The van der Waals surface area contributed by atoms with Crippen molar-refractivity contribution in [1.82, 2.24) is 4.90 Å². The molecule has 0 saturated carbocycles. The van der Waals surface area contributed by atoms with E-state index in [1.807, 2.05) is 6.92 Å². The minimum absolute atomic E-state index is 0.275. The molecule has 4 heteroatoms. The van der Waals surface area contributed by atoms with Gasteiger partial charge in [0.1, 0.15) is 0 Å². The van der Waals surface area contributed by atoms with Crippen molar-refractivity contribution in [2.75, 3.05) is 47.1 Å². The van der Waals surface area contributed by atoms with E-state index in [2.05, 4.69) is 4.90 Å². The van der Waals surface area contributed by atoms with E-state index >= 15 is 0 Å². The molecule has 0 heterocycles. The second-order valence-corrected chi connectivity index (χ2v) is 3.95. The molecular weight excluding hydrogens is 192 g/mol. The molecule has 1 atom stereocenters. The normalized spacial score (nSPS) is 13.4. The monoisotopic (exact) mass is 218 g/mol. The molecule has 92 valence electrons. The number of nitrogens with zero attached hydrogens (tertiary/aromatic N) is 1. The Kier molecular flexibility index (Phi) is 10.3. The molecule has 15 heavy (non-hydrogen) atoms. The van der Waals surface area contributed by atoms with E-state index in [-0.39, 0.29) is 6.04 Å². The molecule has 2 N–H and O–H groups in total. The van der Waals surface area contributed by atoms with E-state index in [9.17, 15) is 0 Å². The third kappa shape index (κ3) is 10.1. The van der Waals surface area contributed by atoms with Gasteiger partial charge in [-0.05, 0) is 26.3 Å². The van der Waals surface area contributed by atoms with Gasteiger partial charge < -0.3 is 20.1 Å². The van der Waals surface area contributed by atoms with Gasteiger partial charge in [0.05, 0.1) is 6.61 Å². The summed E-state index contributed by atoms with van der Waals surface area (Å²) in [5, 5.41) is 0. The first-order valence-corrected chi connectivity index (χ1v) is 5.66. The van der Waals surface area contributed by atoms with Crippen LogP contribution in [0.1, 0.15) is 19.8 Å². The van der Waals surface area contributed by atoms with Gasteiger partial charge in [0.25, 0.3) is 0 Å². The van der Waals surface area contributed by atoms with Crippen LogP contribution in [0.15, 0.2) is 0 Å². The van der Waals surface area contributed by atoms with Gasteiger partial charge in [-0.25, -0.2) is 0 Å². The van der Waals surface area contributed by atoms with Crippen LogP contribution in [0.5, 0.6) is 0 Å². The van der Waals surface area contributed by atoms with Gasteiger partial charge in [-0.1, -0.05) is 0 Å². The van der Waals surface area contributed by atoms with Gasteiger partial charge in [-0.15, -0.1) is 0 Å². The van der Waals surface area contributed by atoms with E-state index in [4.69, 9.17) is 15.2 Å². The standard InChI is InChI=1S/C11H26N2O2/c1-11(12)5-7-13(8-10-15-3)6-4-9-14-2/h11H,4-10,12H2,1-3H3. The average molecular weight is 218 g/mol. The van der Waals surface area contributed by atoms with Crippen LogP contribution in [0.4, 0.5) is 0 Å². The summed E-state index contributed by atoms with van der Waals surface area (Å²) < 4.78 is 10.1. The molecule has 0 aromatic rings. The maximum Gasteiger partial charge on any atom is 0.0589 e. The van der Waals surface area contributed by atoms with Gasteiger partial charge >= 0.3 is 0 Å². The molecule has 4 nitrogen and oxygen atoms in total. The smallest absolute Gasteiger partial charge is 0.0589 e. The van der Waals surface area contributed by atoms with Gasteiger partial charge in [-0.3, -0.25) is 0 Å². The number of hydrogen-bond acceptors (Lipinski definition) is 4. The molecular formula is C11H26N2O2. The highest BCUT2D eigenvalue weighted by Gasteiger charge is 2.05. The Morgan fingerprint density at radius 1 is 1.07 bits per heavy atom. The van der Waals surface area contributed by atoms with Gasteiger partial charge in [-0.2, -0.15) is 0 Å². The fraction of sp³-hybridized carbons (Fsp3) is 1.00. The van der Waals surface area contributed by atoms with Crippen LogP contribution in [-0.2, 0) is 9.47 Å². The van der Waals surface area contributed by atoms with Crippen molar-refractivity contribution in [3.05, 3.63) is 0 Å². The molecule has 0 aromatic heterocycles. The Balaban J connectivity index is 3.63. The third-order valence-corrected chi connectivity index (χ3v) is 2.34. The Labute approximate surface area is 93.7 Å². The predicted molar refractivity (Wildman–Crippen MR) is 63.1 cm³/mol. The number of methoxy groups -OCH3 is 2. The maximum absolute atomic E-state index is 5.74. The van der Waals surface area contributed by atoms with Crippen molar-refractivity contribution in [1.29, 1.82) is 0 Å². The second kappa shape index (κ2) is 10.4. The lowest BCUT2D eigenvalue weighted by molar-refractivity contribution is 0.131. The first-order chi connectivity index (χ1) is 7.20. The Morgan fingerprint density at radius 2 is 1.73 bits per heavy atom. The quantitative estimate of drug-likeness (QED) is 0.549. The zero-order chi connectivity index (χ0) is 11.5. The fourth-order valence-corrected chi connectivity index (χ4v) is 1.37. The van der Waals surface area contributed by atoms with Gasteiger partial charge in [0.2, 0.25) is 0 Å². The van der Waals surface area contributed by atoms with Crippen LogP contribution in [0.2, 0.25) is 0 Å².